The zero-order valence-corrected chi connectivity index (χ0v) is 20.8. The minimum atomic E-state index is -0.142. The number of hydrogen-bond acceptors (Lipinski definition) is 8. The molecule has 2 aromatic heterocycles. The maximum atomic E-state index is 13.5. The Hall–Kier alpha value is -2.46. The molecule has 0 aliphatic rings. The van der Waals surface area contributed by atoms with E-state index in [1.165, 1.54) is 22.7 Å². The second kappa shape index (κ2) is 10.4. The maximum absolute atomic E-state index is 13.5. The Bertz CT molecular complexity index is 1150. The number of carbonyl (C=O) groups excluding carboxylic acids is 1. The van der Waals surface area contributed by atoms with Gasteiger partial charge in [0.1, 0.15) is 21.7 Å². The molecular weight excluding hydrogens is 468 g/mol. The second-order valence-corrected chi connectivity index (χ2v) is 9.25. The molecule has 0 aliphatic carbocycles. The standard InChI is InChI=1S/C22H24N4O3S2.ClH/c1-25(2)12-7-13-26(21(27)20-23-14-8-5-6-9-17(14)30-20)22-24-18-15(28-3)10-11-16(29-4)19(18)31-22;/h5-6,8-11H,7,12-13H2,1-4H3;1H. The fraction of sp³-hybridized carbons (Fsp3) is 0.318. The highest BCUT2D eigenvalue weighted by molar-refractivity contribution is 7.23. The summed E-state index contributed by atoms with van der Waals surface area (Å²) in [6.45, 7) is 1.40. The molecule has 4 rings (SSSR count). The van der Waals surface area contributed by atoms with Gasteiger partial charge in [0.15, 0.2) is 10.1 Å². The van der Waals surface area contributed by atoms with Gasteiger partial charge in [-0.25, -0.2) is 9.97 Å². The Balaban J connectivity index is 0.00000289. The number of hydrogen-bond donors (Lipinski definition) is 0. The van der Waals surface area contributed by atoms with Gasteiger partial charge < -0.3 is 14.4 Å². The number of thiazole rings is 2. The lowest BCUT2D eigenvalue weighted by Crippen LogP contribution is -2.33. The van der Waals surface area contributed by atoms with Gasteiger partial charge in [-0.1, -0.05) is 23.5 Å². The van der Waals surface area contributed by atoms with Crippen molar-refractivity contribution in [1.82, 2.24) is 14.9 Å². The van der Waals surface area contributed by atoms with Crippen molar-refractivity contribution in [1.29, 1.82) is 0 Å². The number of nitrogens with zero attached hydrogens (tertiary/aromatic N) is 4. The third-order valence-corrected chi connectivity index (χ3v) is 6.96. The summed E-state index contributed by atoms with van der Waals surface area (Å²) in [5, 5.41) is 1.07. The van der Waals surface area contributed by atoms with Crippen LogP contribution in [0.2, 0.25) is 0 Å². The maximum Gasteiger partial charge on any atom is 0.289 e. The van der Waals surface area contributed by atoms with E-state index in [0.29, 0.717) is 33.7 Å². The number of benzene rings is 2. The molecule has 4 aromatic rings. The number of ether oxygens (including phenoxy) is 2. The highest BCUT2D eigenvalue weighted by Crippen LogP contribution is 2.40. The van der Waals surface area contributed by atoms with Gasteiger partial charge in [0.25, 0.3) is 5.91 Å². The van der Waals surface area contributed by atoms with Crippen LogP contribution in [0.3, 0.4) is 0 Å². The number of aromatic nitrogens is 2. The highest BCUT2D eigenvalue weighted by atomic mass is 35.5. The molecule has 0 saturated heterocycles. The summed E-state index contributed by atoms with van der Waals surface area (Å²) in [6, 6.07) is 11.5. The van der Waals surface area contributed by atoms with Crippen LogP contribution in [0.5, 0.6) is 11.5 Å². The third-order valence-electron chi connectivity index (χ3n) is 4.84. The van der Waals surface area contributed by atoms with Gasteiger partial charge in [-0.2, -0.15) is 0 Å². The molecule has 2 heterocycles. The van der Waals surface area contributed by atoms with Crippen molar-refractivity contribution in [3.05, 3.63) is 41.4 Å². The summed E-state index contributed by atoms with van der Waals surface area (Å²) >= 11 is 2.83. The quantitative estimate of drug-likeness (QED) is 0.347. The van der Waals surface area contributed by atoms with Crippen LogP contribution >= 0.6 is 35.1 Å². The van der Waals surface area contributed by atoms with E-state index in [1.54, 1.807) is 19.1 Å². The van der Waals surface area contributed by atoms with E-state index in [9.17, 15) is 4.79 Å². The van der Waals surface area contributed by atoms with Crippen molar-refractivity contribution in [2.24, 2.45) is 0 Å². The average Bonchev–Trinajstić information content (AvgIpc) is 3.40. The van der Waals surface area contributed by atoms with Crippen molar-refractivity contribution in [2.45, 2.75) is 6.42 Å². The molecule has 0 aliphatic heterocycles. The lowest BCUT2D eigenvalue weighted by molar-refractivity contribution is 0.0986. The molecule has 1 amide bonds. The smallest absolute Gasteiger partial charge is 0.289 e. The van der Waals surface area contributed by atoms with Crippen LogP contribution in [-0.2, 0) is 0 Å². The van der Waals surface area contributed by atoms with E-state index in [1.807, 2.05) is 50.5 Å². The largest absolute Gasteiger partial charge is 0.495 e. The van der Waals surface area contributed by atoms with Crippen molar-refractivity contribution in [2.75, 3.05) is 46.3 Å². The Morgan fingerprint density at radius 3 is 2.38 bits per heavy atom. The lowest BCUT2D eigenvalue weighted by Gasteiger charge is -2.19. The molecular formula is C22H25ClN4O3S2. The fourth-order valence-corrected chi connectivity index (χ4v) is 5.31. The number of para-hydroxylation sites is 1. The van der Waals surface area contributed by atoms with Crippen LogP contribution in [0, 0.1) is 0 Å². The van der Waals surface area contributed by atoms with Crippen LogP contribution in [0.1, 0.15) is 16.2 Å². The summed E-state index contributed by atoms with van der Waals surface area (Å²) in [5.41, 5.74) is 1.52. The molecule has 0 bridgehead atoms. The summed E-state index contributed by atoms with van der Waals surface area (Å²) < 4.78 is 12.8. The monoisotopic (exact) mass is 492 g/mol. The van der Waals surface area contributed by atoms with Gasteiger partial charge in [-0.3, -0.25) is 9.69 Å². The highest BCUT2D eigenvalue weighted by Gasteiger charge is 2.25. The molecule has 0 N–H and O–H groups in total. The zero-order chi connectivity index (χ0) is 22.0. The summed E-state index contributed by atoms with van der Waals surface area (Å²) in [6.07, 6.45) is 0.813. The van der Waals surface area contributed by atoms with Gasteiger partial charge in [0, 0.05) is 6.54 Å². The van der Waals surface area contributed by atoms with Gasteiger partial charge in [-0.05, 0) is 51.3 Å². The van der Waals surface area contributed by atoms with Crippen molar-refractivity contribution in [3.8, 4) is 11.5 Å². The predicted molar refractivity (Wildman–Crippen MR) is 134 cm³/mol. The summed E-state index contributed by atoms with van der Waals surface area (Å²) in [5.74, 6) is 1.22. The van der Waals surface area contributed by atoms with Gasteiger partial charge in [0.2, 0.25) is 0 Å². The first-order valence-corrected chi connectivity index (χ1v) is 11.5. The summed E-state index contributed by atoms with van der Waals surface area (Å²) in [7, 11) is 7.28. The van der Waals surface area contributed by atoms with Crippen LogP contribution in [0.15, 0.2) is 36.4 Å². The molecule has 0 spiro atoms. The first-order chi connectivity index (χ1) is 15.0. The number of halogens is 1. The number of fused-ring (bicyclic) bond motifs is 2. The molecule has 10 heteroatoms. The van der Waals surface area contributed by atoms with Gasteiger partial charge >= 0.3 is 0 Å². The number of anilines is 1. The third kappa shape index (κ3) is 4.80. The van der Waals surface area contributed by atoms with E-state index < -0.39 is 0 Å². The number of methoxy groups -OCH3 is 2. The lowest BCUT2D eigenvalue weighted by atomic mass is 10.3. The van der Waals surface area contributed by atoms with Crippen molar-refractivity contribution >= 4 is 66.6 Å². The molecule has 0 saturated carbocycles. The minimum absolute atomic E-state index is 0. The fourth-order valence-electron chi connectivity index (χ4n) is 3.30. The average molecular weight is 493 g/mol. The first-order valence-electron chi connectivity index (χ1n) is 9.85. The molecule has 170 valence electrons. The minimum Gasteiger partial charge on any atom is -0.495 e. The van der Waals surface area contributed by atoms with E-state index in [2.05, 4.69) is 9.88 Å². The Kier molecular flexibility index (Phi) is 7.89. The van der Waals surface area contributed by atoms with Crippen LogP contribution in [0.25, 0.3) is 20.4 Å². The van der Waals surface area contributed by atoms with Crippen LogP contribution in [0.4, 0.5) is 5.13 Å². The zero-order valence-electron chi connectivity index (χ0n) is 18.3. The Morgan fingerprint density at radius 1 is 0.969 bits per heavy atom. The SMILES string of the molecule is COc1ccc(OC)c2sc(N(CCCN(C)C)C(=O)c3nc4ccccc4s3)nc12.Cl. The van der Waals surface area contributed by atoms with E-state index in [0.717, 1.165) is 27.9 Å². The molecule has 32 heavy (non-hydrogen) atoms. The topological polar surface area (TPSA) is 67.8 Å². The first kappa shape index (κ1) is 24.2. The normalized spacial score (nSPS) is 11.0. The van der Waals surface area contributed by atoms with E-state index >= 15 is 0 Å². The molecule has 0 atom stereocenters. The van der Waals surface area contributed by atoms with Crippen molar-refractivity contribution < 1.29 is 14.3 Å². The number of rotatable bonds is 8. The number of amides is 1. The van der Waals surface area contributed by atoms with Crippen LogP contribution in [-0.4, -0.2) is 62.2 Å². The van der Waals surface area contributed by atoms with E-state index in [-0.39, 0.29) is 18.3 Å². The molecule has 0 fully saturated rings. The number of carbonyl (C=O) groups is 1. The van der Waals surface area contributed by atoms with Crippen molar-refractivity contribution in [3.63, 3.8) is 0 Å². The molecule has 2 aromatic carbocycles. The van der Waals surface area contributed by atoms with Gasteiger partial charge in [0.05, 0.1) is 24.4 Å². The predicted octanol–water partition coefficient (Wildman–Crippen LogP) is 4.94. The van der Waals surface area contributed by atoms with E-state index in [4.69, 9.17) is 14.5 Å². The molecule has 7 nitrogen and oxygen atoms in total. The van der Waals surface area contributed by atoms with Crippen LogP contribution < -0.4 is 14.4 Å². The summed E-state index contributed by atoms with van der Waals surface area (Å²) in [4.78, 5) is 26.7. The molecule has 0 radical (unpaired) electrons. The second-order valence-electron chi connectivity index (χ2n) is 7.24. The Morgan fingerprint density at radius 2 is 1.69 bits per heavy atom. The molecule has 0 unspecified atom stereocenters. The van der Waals surface area contributed by atoms with Gasteiger partial charge in [-0.15, -0.1) is 23.7 Å². The Labute approximate surface area is 201 Å².